The van der Waals surface area contributed by atoms with Crippen molar-refractivity contribution in [3.63, 3.8) is 0 Å². The second-order valence-electron chi connectivity index (χ2n) is 3.89. The number of carbonyl (C=O) groups excluding carboxylic acids is 1. The predicted molar refractivity (Wildman–Crippen MR) is 64.1 cm³/mol. The summed E-state index contributed by atoms with van der Waals surface area (Å²) in [6.45, 7) is 0. The monoisotopic (exact) mass is 259 g/mol. The number of benzene rings is 1. The SMILES string of the molecule is CS(=O)(=O)CCCC(=O)c1ccc(N)c(F)c1. The zero-order chi connectivity index (χ0) is 13.1. The molecule has 6 heteroatoms. The molecule has 0 heterocycles. The van der Waals surface area contributed by atoms with Gasteiger partial charge in [0, 0.05) is 18.2 Å². The molecule has 17 heavy (non-hydrogen) atoms. The molecule has 1 aromatic rings. The average molecular weight is 259 g/mol. The third kappa shape index (κ3) is 4.52. The first-order valence-corrected chi connectivity index (χ1v) is 7.11. The van der Waals surface area contributed by atoms with Gasteiger partial charge in [-0.1, -0.05) is 0 Å². The Morgan fingerprint density at radius 2 is 2.06 bits per heavy atom. The third-order valence-corrected chi connectivity index (χ3v) is 3.27. The maximum Gasteiger partial charge on any atom is 0.163 e. The van der Waals surface area contributed by atoms with Crippen molar-refractivity contribution in [2.75, 3.05) is 17.7 Å². The van der Waals surface area contributed by atoms with Crippen molar-refractivity contribution in [2.45, 2.75) is 12.8 Å². The molecule has 4 nitrogen and oxygen atoms in total. The number of ketones is 1. The lowest BCUT2D eigenvalue weighted by Crippen LogP contribution is -2.07. The number of hydrogen-bond donors (Lipinski definition) is 1. The lowest BCUT2D eigenvalue weighted by Gasteiger charge is -2.02. The number of halogens is 1. The van der Waals surface area contributed by atoms with E-state index >= 15 is 0 Å². The van der Waals surface area contributed by atoms with Gasteiger partial charge in [0.1, 0.15) is 15.7 Å². The normalized spacial score (nSPS) is 11.4. The molecule has 0 aromatic heterocycles. The number of rotatable bonds is 5. The molecule has 0 saturated carbocycles. The predicted octanol–water partition coefficient (Wildman–Crippen LogP) is 1.42. The van der Waals surface area contributed by atoms with Crippen LogP contribution in [-0.4, -0.2) is 26.2 Å². The lowest BCUT2D eigenvalue weighted by molar-refractivity contribution is 0.0981. The van der Waals surface area contributed by atoms with Crippen LogP contribution in [0.2, 0.25) is 0 Å². The van der Waals surface area contributed by atoms with Gasteiger partial charge in [-0.25, -0.2) is 12.8 Å². The van der Waals surface area contributed by atoms with Crippen molar-refractivity contribution >= 4 is 21.3 Å². The largest absolute Gasteiger partial charge is 0.396 e. The van der Waals surface area contributed by atoms with Gasteiger partial charge in [0.15, 0.2) is 5.78 Å². The third-order valence-electron chi connectivity index (χ3n) is 2.24. The molecule has 0 aliphatic heterocycles. The minimum atomic E-state index is -3.06. The van der Waals surface area contributed by atoms with E-state index < -0.39 is 15.7 Å². The molecule has 0 saturated heterocycles. The Hall–Kier alpha value is -1.43. The van der Waals surface area contributed by atoms with Gasteiger partial charge < -0.3 is 5.73 Å². The van der Waals surface area contributed by atoms with Crippen LogP contribution in [0.1, 0.15) is 23.2 Å². The Balaban J connectivity index is 2.61. The van der Waals surface area contributed by atoms with E-state index in [2.05, 4.69) is 0 Å². The van der Waals surface area contributed by atoms with Crippen LogP contribution in [0.15, 0.2) is 18.2 Å². The van der Waals surface area contributed by atoms with Gasteiger partial charge in [0.2, 0.25) is 0 Å². The van der Waals surface area contributed by atoms with Crippen molar-refractivity contribution in [3.8, 4) is 0 Å². The van der Waals surface area contributed by atoms with Crippen LogP contribution in [0.3, 0.4) is 0 Å². The highest BCUT2D eigenvalue weighted by atomic mass is 32.2. The van der Waals surface area contributed by atoms with Gasteiger partial charge >= 0.3 is 0 Å². The summed E-state index contributed by atoms with van der Waals surface area (Å²) < 4.78 is 34.8. The standard InChI is InChI=1S/C11H14FNO3S/c1-17(15,16)6-2-3-11(14)8-4-5-10(13)9(12)7-8/h4-5,7H,2-3,6,13H2,1H3. The van der Waals surface area contributed by atoms with Gasteiger partial charge in [0.25, 0.3) is 0 Å². The molecule has 0 radical (unpaired) electrons. The summed E-state index contributed by atoms with van der Waals surface area (Å²) in [5, 5.41) is 0. The highest BCUT2D eigenvalue weighted by molar-refractivity contribution is 7.90. The summed E-state index contributed by atoms with van der Waals surface area (Å²) in [6.07, 6.45) is 1.43. The molecule has 1 rings (SSSR count). The summed E-state index contributed by atoms with van der Waals surface area (Å²) in [7, 11) is -3.06. The van der Waals surface area contributed by atoms with Crippen molar-refractivity contribution < 1.29 is 17.6 Å². The summed E-state index contributed by atoms with van der Waals surface area (Å²) in [5.41, 5.74) is 5.48. The maximum atomic E-state index is 13.1. The lowest BCUT2D eigenvalue weighted by atomic mass is 10.1. The van der Waals surface area contributed by atoms with Crippen LogP contribution in [0.5, 0.6) is 0 Å². The number of nitrogens with two attached hydrogens (primary N) is 1. The first-order valence-electron chi connectivity index (χ1n) is 5.05. The minimum absolute atomic E-state index is 0.0160. The van der Waals surface area contributed by atoms with E-state index in [1.807, 2.05) is 0 Å². The number of carbonyl (C=O) groups is 1. The summed E-state index contributed by atoms with van der Waals surface area (Å²) in [6, 6.07) is 3.82. The van der Waals surface area contributed by atoms with E-state index in [0.29, 0.717) is 0 Å². The Labute approximate surface area is 99.5 Å². The van der Waals surface area contributed by atoms with Crippen LogP contribution >= 0.6 is 0 Å². The van der Waals surface area contributed by atoms with Crippen LogP contribution in [0, 0.1) is 5.82 Å². The molecule has 0 bridgehead atoms. The van der Waals surface area contributed by atoms with Gasteiger partial charge in [-0.05, 0) is 24.6 Å². The van der Waals surface area contributed by atoms with Gasteiger partial charge in [-0.15, -0.1) is 0 Å². The zero-order valence-corrected chi connectivity index (χ0v) is 10.3. The molecule has 0 aliphatic rings. The fourth-order valence-electron chi connectivity index (χ4n) is 1.34. The first-order chi connectivity index (χ1) is 7.79. The average Bonchev–Trinajstić information content (AvgIpc) is 2.20. The van der Waals surface area contributed by atoms with Gasteiger partial charge in [-0.2, -0.15) is 0 Å². The Bertz CT molecular complexity index is 526. The molecular weight excluding hydrogens is 245 g/mol. The van der Waals surface area contributed by atoms with Crippen LogP contribution in [-0.2, 0) is 9.84 Å². The first kappa shape index (κ1) is 13.6. The van der Waals surface area contributed by atoms with E-state index in [-0.39, 0.29) is 35.6 Å². The van der Waals surface area contributed by atoms with Gasteiger partial charge in [-0.3, -0.25) is 4.79 Å². The number of anilines is 1. The Kier molecular flexibility index (Phi) is 4.22. The van der Waals surface area contributed by atoms with E-state index in [4.69, 9.17) is 5.73 Å². The van der Waals surface area contributed by atoms with E-state index in [0.717, 1.165) is 12.3 Å². The molecule has 0 atom stereocenters. The smallest absolute Gasteiger partial charge is 0.163 e. The molecule has 94 valence electrons. The maximum absolute atomic E-state index is 13.1. The van der Waals surface area contributed by atoms with E-state index in [1.54, 1.807) is 0 Å². The van der Waals surface area contributed by atoms with Crippen molar-refractivity contribution in [1.29, 1.82) is 0 Å². The van der Waals surface area contributed by atoms with Crippen molar-refractivity contribution in [1.82, 2.24) is 0 Å². The fraction of sp³-hybridized carbons (Fsp3) is 0.364. The second kappa shape index (κ2) is 5.27. The molecule has 1 aromatic carbocycles. The zero-order valence-electron chi connectivity index (χ0n) is 9.44. The van der Waals surface area contributed by atoms with Gasteiger partial charge in [0.05, 0.1) is 11.4 Å². The van der Waals surface area contributed by atoms with E-state index in [1.165, 1.54) is 12.1 Å². The molecule has 0 aliphatic carbocycles. The highest BCUT2D eigenvalue weighted by Gasteiger charge is 2.10. The highest BCUT2D eigenvalue weighted by Crippen LogP contribution is 2.14. The quantitative estimate of drug-likeness (QED) is 0.640. The summed E-state index contributed by atoms with van der Waals surface area (Å²) in [4.78, 5) is 11.6. The van der Waals surface area contributed by atoms with Crippen LogP contribution in [0.4, 0.5) is 10.1 Å². The molecule has 0 amide bonds. The molecule has 0 fully saturated rings. The Morgan fingerprint density at radius 3 is 2.59 bits per heavy atom. The number of nitrogen functional groups attached to an aromatic ring is 1. The topological polar surface area (TPSA) is 77.2 Å². The molecular formula is C11H14FNO3S. The van der Waals surface area contributed by atoms with Crippen molar-refractivity contribution in [3.05, 3.63) is 29.6 Å². The van der Waals surface area contributed by atoms with Crippen LogP contribution < -0.4 is 5.73 Å². The van der Waals surface area contributed by atoms with E-state index in [9.17, 15) is 17.6 Å². The number of Topliss-reactive ketones (excluding diaryl/α,β-unsaturated/α-hetero) is 1. The summed E-state index contributed by atoms with van der Waals surface area (Å²) >= 11 is 0. The molecule has 0 spiro atoms. The summed E-state index contributed by atoms with van der Waals surface area (Å²) in [5.74, 6) is -0.970. The fourth-order valence-corrected chi connectivity index (χ4v) is 2.01. The number of sulfone groups is 1. The molecule has 0 unspecified atom stereocenters. The second-order valence-corrected chi connectivity index (χ2v) is 6.15. The van der Waals surface area contributed by atoms with Crippen LogP contribution in [0.25, 0.3) is 0 Å². The number of hydrogen-bond acceptors (Lipinski definition) is 4. The Morgan fingerprint density at radius 1 is 1.41 bits per heavy atom. The molecule has 2 N–H and O–H groups in total. The minimum Gasteiger partial charge on any atom is -0.396 e. The van der Waals surface area contributed by atoms with Crippen molar-refractivity contribution in [2.24, 2.45) is 0 Å².